The lowest BCUT2D eigenvalue weighted by Gasteiger charge is -2.38. The van der Waals surface area contributed by atoms with Gasteiger partial charge in [0, 0.05) is 16.0 Å². The first kappa shape index (κ1) is 13.1. The second-order valence-electron chi connectivity index (χ2n) is 4.93. The van der Waals surface area contributed by atoms with Gasteiger partial charge in [0.1, 0.15) is 18.2 Å². The van der Waals surface area contributed by atoms with Gasteiger partial charge in [0.05, 0.1) is 6.04 Å². The maximum Gasteiger partial charge on any atom is 0.407 e. The van der Waals surface area contributed by atoms with Gasteiger partial charge >= 0.3 is 6.09 Å². The molecule has 1 aliphatic rings. The van der Waals surface area contributed by atoms with Gasteiger partial charge in [-0.3, -0.25) is 0 Å². The molecule has 1 aromatic rings. The van der Waals surface area contributed by atoms with Gasteiger partial charge in [-0.2, -0.15) is 0 Å². The van der Waals surface area contributed by atoms with Crippen molar-refractivity contribution in [1.29, 1.82) is 0 Å². The van der Waals surface area contributed by atoms with Crippen LogP contribution in [-0.2, 0) is 4.74 Å². The Labute approximate surface area is 108 Å². The average molecular weight is 276 g/mol. The van der Waals surface area contributed by atoms with Crippen LogP contribution in [0.1, 0.15) is 25.5 Å². The molecule has 1 saturated heterocycles. The third kappa shape index (κ3) is 2.27. The minimum absolute atomic E-state index is 0.0232. The first-order valence-corrected chi connectivity index (χ1v) is 5.77. The quantitative estimate of drug-likeness (QED) is 0.853. The summed E-state index contributed by atoms with van der Waals surface area (Å²) in [4.78, 5) is 11.2. The van der Waals surface area contributed by atoms with Crippen molar-refractivity contribution in [1.82, 2.24) is 5.32 Å². The topological polar surface area (TPSA) is 38.3 Å². The molecule has 1 aromatic carbocycles. The second kappa shape index (κ2) is 4.39. The van der Waals surface area contributed by atoms with E-state index in [0.29, 0.717) is 0 Å². The number of alkyl carbamates (subject to hydrolysis) is 1. The monoisotopic (exact) mass is 275 g/mol. The van der Waals surface area contributed by atoms with Crippen LogP contribution >= 0.6 is 11.6 Å². The fourth-order valence-corrected chi connectivity index (χ4v) is 2.17. The predicted molar refractivity (Wildman–Crippen MR) is 62.4 cm³/mol. The molecule has 1 heterocycles. The zero-order valence-corrected chi connectivity index (χ0v) is 10.6. The summed E-state index contributed by atoms with van der Waals surface area (Å²) in [5, 5.41) is 2.42. The SMILES string of the molecule is CC1(C)COC(=O)N[C@@H]1c1c(F)cc(Cl)cc1F. The smallest absolute Gasteiger partial charge is 0.407 e. The molecule has 3 nitrogen and oxygen atoms in total. The number of halogens is 3. The minimum Gasteiger partial charge on any atom is -0.449 e. The van der Waals surface area contributed by atoms with E-state index in [0.717, 1.165) is 12.1 Å². The van der Waals surface area contributed by atoms with E-state index >= 15 is 0 Å². The van der Waals surface area contributed by atoms with E-state index in [1.54, 1.807) is 13.8 Å². The van der Waals surface area contributed by atoms with E-state index in [-0.39, 0.29) is 17.2 Å². The van der Waals surface area contributed by atoms with Gasteiger partial charge in [-0.1, -0.05) is 25.4 Å². The number of amides is 1. The Morgan fingerprint density at radius 1 is 1.39 bits per heavy atom. The Balaban J connectivity index is 2.49. The van der Waals surface area contributed by atoms with Crippen LogP contribution in [0.3, 0.4) is 0 Å². The molecule has 1 N–H and O–H groups in total. The molecular formula is C12H12ClF2NO2. The summed E-state index contributed by atoms with van der Waals surface area (Å²) >= 11 is 5.57. The molecule has 1 atom stereocenters. The number of ether oxygens (including phenoxy) is 1. The second-order valence-corrected chi connectivity index (χ2v) is 5.36. The number of rotatable bonds is 1. The molecule has 2 rings (SSSR count). The summed E-state index contributed by atoms with van der Waals surface area (Å²) in [5.41, 5.74) is -0.815. The van der Waals surface area contributed by atoms with Crippen LogP contribution in [-0.4, -0.2) is 12.7 Å². The lowest BCUT2D eigenvalue weighted by molar-refractivity contribution is 0.0367. The Bertz CT molecular complexity index is 482. The number of cyclic esters (lactones) is 1. The van der Waals surface area contributed by atoms with Gasteiger partial charge in [-0.15, -0.1) is 0 Å². The maximum atomic E-state index is 13.8. The Kier molecular flexibility index (Phi) is 3.19. The summed E-state index contributed by atoms with van der Waals surface area (Å²) < 4.78 is 32.5. The number of hydrogen-bond acceptors (Lipinski definition) is 2. The lowest BCUT2D eigenvalue weighted by Crippen LogP contribution is -2.47. The molecule has 1 fully saturated rings. The molecule has 0 spiro atoms. The maximum absolute atomic E-state index is 13.8. The minimum atomic E-state index is -0.795. The molecule has 1 amide bonds. The van der Waals surface area contributed by atoms with Crippen molar-refractivity contribution >= 4 is 17.7 Å². The molecule has 1 aliphatic heterocycles. The molecule has 98 valence electrons. The predicted octanol–water partition coefficient (Wildman–Crippen LogP) is 3.43. The molecule has 0 radical (unpaired) electrons. The van der Waals surface area contributed by atoms with Crippen molar-refractivity contribution < 1.29 is 18.3 Å². The third-order valence-corrected chi connectivity index (χ3v) is 3.17. The zero-order valence-electron chi connectivity index (χ0n) is 9.89. The summed E-state index contributed by atoms with van der Waals surface area (Å²) in [7, 11) is 0. The van der Waals surface area contributed by atoms with Crippen molar-refractivity contribution in [2.75, 3.05) is 6.61 Å². The van der Waals surface area contributed by atoms with Crippen LogP contribution in [0.15, 0.2) is 12.1 Å². The van der Waals surface area contributed by atoms with Crippen LogP contribution in [0, 0.1) is 17.0 Å². The molecule has 18 heavy (non-hydrogen) atoms. The lowest BCUT2D eigenvalue weighted by atomic mass is 9.80. The fraction of sp³-hybridized carbons (Fsp3) is 0.417. The summed E-state index contributed by atoms with van der Waals surface area (Å²) in [6.07, 6.45) is -0.687. The van der Waals surface area contributed by atoms with Crippen LogP contribution in [0.2, 0.25) is 5.02 Å². The van der Waals surface area contributed by atoms with E-state index in [9.17, 15) is 13.6 Å². The normalized spacial score (nSPS) is 22.3. The van der Waals surface area contributed by atoms with Crippen molar-refractivity contribution in [3.63, 3.8) is 0 Å². The molecule has 0 aromatic heterocycles. The van der Waals surface area contributed by atoms with Crippen molar-refractivity contribution in [2.45, 2.75) is 19.9 Å². The summed E-state index contributed by atoms with van der Waals surface area (Å²) in [6.45, 7) is 3.60. The number of carbonyl (C=O) groups is 1. The largest absolute Gasteiger partial charge is 0.449 e. The fourth-order valence-electron chi connectivity index (χ4n) is 1.98. The number of hydrogen-bond donors (Lipinski definition) is 1. The first-order chi connectivity index (χ1) is 8.31. The van der Waals surface area contributed by atoms with Crippen LogP contribution in [0.5, 0.6) is 0 Å². The van der Waals surface area contributed by atoms with Gasteiger partial charge in [0.25, 0.3) is 0 Å². The van der Waals surface area contributed by atoms with Gasteiger partial charge < -0.3 is 10.1 Å². The highest BCUT2D eigenvalue weighted by molar-refractivity contribution is 6.30. The third-order valence-electron chi connectivity index (χ3n) is 2.95. The first-order valence-electron chi connectivity index (χ1n) is 5.39. The Hall–Kier alpha value is -1.36. The van der Waals surface area contributed by atoms with Crippen LogP contribution < -0.4 is 5.32 Å². The average Bonchev–Trinajstić information content (AvgIpc) is 2.22. The van der Waals surface area contributed by atoms with E-state index in [4.69, 9.17) is 16.3 Å². The van der Waals surface area contributed by atoms with Crippen molar-refractivity contribution in [3.8, 4) is 0 Å². The molecule has 0 unspecified atom stereocenters. The van der Waals surface area contributed by atoms with Gasteiger partial charge in [-0.05, 0) is 12.1 Å². The van der Waals surface area contributed by atoms with E-state index in [2.05, 4.69) is 5.32 Å². The Morgan fingerprint density at radius 2 is 1.94 bits per heavy atom. The number of nitrogens with one attached hydrogen (secondary N) is 1. The standard InChI is InChI=1S/C12H12ClF2NO2/c1-12(2)5-18-11(17)16-10(12)9-7(14)3-6(13)4-8(9)15/h3-4,10H,5H2,1-2H3,(H,16,17)/t10-/m1/s1. The summed E-state index contributed by atoms with van der Waals surface area (Å²) in [5.74, 6) is -1.56. The molecule has 0 saturated carbocycles. The van der Waals surface area contributed by atoms with Gasteiger partial charge in [0.15, 0.2) is 0 Å². The van der Waals surface area contributed by atoms with Gasteiger partial charge in [-0.25, -0.2) is 13.6 Å². The highest BCUT2D eigenvalue weighted by atomic mass is 35.5. The molecule has 0 bridgehead atoms. The zero-order chi connectivity index (χ0) is 13.5. The number of benzene rings is 1. The van der Waals surface area contributed by atoms with E-state index < -0.39 is 29.2 Å². The van der Waals surface area contributed by atoms with Crippen LogP contribution in [0.4, 0.5) is 13.6 Å². The Morgan fingerprint density at radius 3 is 2.50 bits per heavy atom. The van der Waals surface area contributed by atoms with Crippen molar-refractivity contribution in [3.05, 3.63) is 34.4 Å². The molecular weight excluding hydrogens is 264 g/mol. The highest BCUT2D eigenvalue weighted by Crippen LogP contribution is 2.39. The van der Waals surface area contributed by atoms with Crippen LogP contribution in [0.25, 0.3) is 0 Å². The number of carbonyl (C=O) groups excluding carboxylic acids is 1. The van der Waals surface area contributed by atoms with E-state index in [1.165, 1.54) is 0 Å². The summed E-state index contributed by atoms with van der Waals surface area (Å²) in [6, 6.07) is 1.26. The highest BCUT2D eigenvalue weighted by Gasteiger charge is 2.40. The molecule has 0 aliphatic carbocycles. The van der Waals surface area contributed by atoms with E-state index in [1.807, 2.05) is 0 Å². The molecule has 6 heteroatoms. The van der Waals surface area contributed by atoms with Gasteiger partial charge in [0.2, 0.25) is 0 Å². The van der Waals surface area contributed by atoms with Crippen molar-refractivity contribution in [2.24, 2.45) is 5.41 Å².